The van der Waals surface area contributed by atoms with Crippen molar-refractivity contribution in [2.75, 3.05) is 14.2 Å². The van der Waals surface area contributed by atoms with Crippen LogP contribution in [-0.2, 0) is 9.53 Å². The molecule has 0 radical (unpaired) electrons. The van der Waals surface area contributed by atoms with Crippen LogP contribution in [-0.4, -0.2) is 20.2 Å². The van der Waals surface area contributed by atoms with Crippen molar-refractivity contribution in [3.8, 4) is 5.75 Å². The number of methoxy groups -OCH3 is 2. The summed E-state index contributed by atoms with van der Waals surface area (Å²) in [5.41, 5.74) is 0.910. The van der Waals surface area contributed by atoms with E-state index in [0.717, 1.165) is 11.3 Å². The molecule has 3 nitrogen and oxygen atoms in total. The topological polar surface area (TPSA) is 35.5 Å². The van der Waals surface area contributed by atoms with Gasteiger partial charge in [-0.15, -0.1) is 6.58 Å². The maximum Gasteiger partial charge on any atom is 0.313 e. The second kappa shape index (κ2) is 5.95. The summed E-state index contributed by atoms with van der Waals surface area (Å²) >= 11 is 0. The van der Waals surface area contributed by atoms with E-state index in [-0.39, 0.29) is 11.9 Å². The lowest BCUT2D eigenvalue weighted by molar-refractivity contribution is -0.142. The molecular weight excluding hydrogens is 204 g/mol. The molecule has 0 aliphatic carbocycles. The number of rotatable bonds is 5. The molecule has 16 heavy (non-hydrogen) atoms. The van der Waals surface area contributed by atoms with Crippen molar-refractivity contribution in [1.29, 1.82) is 0 Å². The third-order valence-electron chi connectivity index (χ3n) is 2.41. The largest absolute Gasteiger partial charge is 0.497 e. The van der Waals surface area contributed by atoms with E-state index < -0.39 is 0 Å². The Morgan fingerprint density at radius 3 is 2.44 bits per heavy atom. The fourth-order valence-corrected chi connectivity index (χ4v) is 1.51. The lowest BCUT2D eigenvalue weighted by Crippen LogP contribution is -2.13. The van der Waals surface area contributed by atoms with E-state index in [4.69, 9.17) is 9.47 Å². The normalized spacial score (nSPS) is 11.6. The molecule has 0 aliphatic heterocycles. The highest BCUT2D eigenvalue weighted by Gasteiger charge is 2.19. The van der Waals surface area contributed by atoms with Gasteiger partial charge in [0.2, 0.25) is 0 Å². The van der Waals surface area contributed by atoms with Crippen LogP contribution in [0.2, 0.25) is 0 Å². The van der Waals surface area contributed by atoms with Crippen LogP contribution < -0.4 is 4.74 Å². The molecule has 0 heterocycles. The first kappa shape index (κ1) is 12.3. The van der Waals surface area contributed by atoms with Gasteiger partial charge in [0, 0.05) is 0 Å². The lowest BCUT2D eigenvalue weighted by atomic mass is 9.96. The first-order chi connectivity index (χ1) is 7.72. The van der Waals surface area contributed by atoms with Crippen molar-refractivity contribution in [1.82, 2.24) is 0 Å². The Labute approximate surface area is 95.7 Å². The van der Waals surface area contributed by atoms with E-state index in [1.165, 1.54) is 7.11 Å². The van der Waals surface area contributed by atoms with Crippen molar-refractivity contribution in [2.24, 2.45) is 0 Å². The van der Waals surface area contributed by atoms with Crippen molar-refractivity contribution in [3.63, 3.8) is 0 Å². The molecule has 1 aromatic rings. The number of hydrogen-bond acceptors (Lipinski definition) is 3. The van der Waals surface area contributed by atoms with Crippen LogP contribution in [0.25, 0.3) is 0 Å². The Morgan fingerprint density at radius 1 is 1.38 bits per heavy atom. The summed E-state index contributed by atoms with van der Waals surface area (Å²) in [6, 6.07) is 7.39. The van der Waals surface area contributed by atoms with Crippen molar-refractivity contribution in [2.45, 2.75) is 12.3 Å². The molecule has 0 aliphatic rings. The van der Waals surface area contributed by atoms with E-state index in [1.54, 1.807) is 13.2 Å². The minimum absolute atomic E-state index is 0.245. The zero-order valence-corrected chi connectivity index (χ0v) is 9.60. The first-order valence-electron chi connectivity index (χ1n) is 5.05. The molecule has 1 atom stereocenters. The molecule has 3 heteroatoms. The van der Waals surface area contributed by atoms with Gasteiger partial charge in [-0.1, -0.05) is 18.2 Å². The predicted molar refractivity (Wildman–Crippen MR) is 62.6 cm³/mol. The van der Waals surface area contributed by atoms with E-state index in [2.05, 4.69) is 6.58 Å². The molecule has 86 valence electrons. The fourth-order valence-electron chi connectivity index (χ4n) is 1.51. The average molecular weight is 220 g/mol. The number of benzene rings is 1. The number of allylic oxidation sites excluding steroid dienone is 1. The summed E-state index contributed by atoms with van der Waals surface area (Å²) in [6.45, 7) is 3.64. The Kier molecular flexibility index (Phi) is 4.58. The number of carbonyl (C=O) groups is 1. The number of carbonyl (C=O) groups excluding carboxylic acids is 1. The second-order valence-corrected chi connectivity index (χ2v) is 3.37. The minimum atomic E-state index is -0.284. The minimum Gasteiger partial charge on any atom is -0.497 e. The summed E-state index contributed by atoms with van der Waals surface area (Å²) in [5.74, 6) is 0.240. The summed E-state index contributed by atoms with van der Waals surface area (Å²) in [7, 11) is 3.00. The standard InChI is InChI=1S/C13H16O3/c1-4-5-12(13(14)16-3)10-6-8-11(15-2)9-7-10/h4,6-9,12H,1,5H2,2-3H3/t12-/m0/s1. The average Bonchev–Trinajstić information content (AvgIpc) is 2.35. The van der Waals surface area contributed by atoms with Gasteiger partial charge in [-0.05, 0) is 24.1 Å². The van der Waals surface area contributed by atoms with Crippen LogP contribution in [0.3, 0.4) is 0 Å². The molecule has 0 fully saturated rings. The molecule has 0 bridgehead atoms. The number of hydrogen-bond donors (Lipinski definition) is 0. The van der Waals surface area contributed by atoms with Gasteiger partial charge in [0.1, 0.15) is 5.75 Å². The molecule has 0 saturated carbocycles. The van der Waals surface area contributed by atoms with Gasteiger partial charge in [-0.25, -0.2) is 0 Å². The maximum atomic E-state index is 11.6. The molecule has 0 spiro atoms. The highest BCUT2D eigenvalue weighted by molar-refractivity contribution is 5.78. The van der Waals surface area contributed by atoms with Gasteiger partial charge in [-0.3, -0.25) is 4.79 Å². The summed E-state index contributed by atoms with van der Waals surface area (Å²) in [5, 5.41) is 0. The quantitative estimate of drug-likeness (QED) is 0.565. The van der Waals surface area contributed by atoms with E-state index >= 15 is 0 Å². The predicted octanol–water partition coefficient (Wildman–Crippen LogP) is 2.53. The lowest BCUT2D eigenvalue weighted by Gasteiger charge is -2.13. The molecule has 0 N–H and O–H groups in total. The second-order valence-electron chi connectivity index (χ2n) is 3.37. The van der Waals surface area contributed by atoms with Crippen LogP contribution >= 0.6 is 0 Å². The highest BCUT2D eigenvalue weighted by Crippen LogP contribution is 2.23. The van der Waals surface area contributed by atoms with Gasteiger partial charge < -0.3 is 9.47 Å². The highest BCUT2D eigenvalue weighted by atomic mass is 16.5. The zero-order chi connectivity index (χ0) is 12.0. The fraction of sp³-hybridized carbons (Fsp3) is 0.308. The van der Waals surface area contributed by atoms with Gasteiger partial charge >= 0.3 is 5.97 Å². The van der Waals surface area contributed by atoms with Crippen molar-refractivity contribution in [3.05, 3.63) is 42.5 Å². The third-order valence-corrected chi connectivity index (χ3v) is 2.41. The molecular formula is C13H16O3. The Bertz CT molecular complexity index is 354. The number of ether oxygens (including phenoxy) is 2. The number of esters is 1. The smallest absolute Gasteiger partial charge is 0.313 e. The summed E-state index contributed by atoms with van der Waals surface area (Å²) < 4.78 is 9.82. The van der Waals surface area contributed by atoms with E-state index in [9.17, 15) is 4.79 Å². The summed E-state index contributed by atoms with van der Waals surface area (Å²) in [4.78, 5) is 11.6. The molecule has 0 aromatic heterocycles. The van der Waals surface area contributed by atoms with Gasteiger partial charge in [0.15, 0.2) is 0 Å². The van der Waals surface area contributed by atoms with Crippen LogP contribution in [0.1, 0.15) is 17.9 Å². The zero-order valence-electron chi connectivity index (χ0n) is 9.60. The molecule has 0 amide bonds. The molecule has 0 unspecified atom stereocenters. The summed E-state index contributed by atoms with van der Waals surface area (Å²) in [6.07, 6.45) is 2.28. The SMILES string of the molecule is C=CC[C@H](C(=O)OC)c1ccc(OC)cc1. The monoisotopic (exact) mass is 220 g/mol. The molecule has 0 saturated heterocycles. The van der Waals surface area contributed by atoms with Crippen molar-refractivity contribution >= 4 is 5.97 Å². The van der Waals surface area contributed by atoms with Crippen LogP contribution in [0.5, 0.6) is 5.75 Å². The third kappa shape index (κ3) is 2.86. The molecule has 1 rings (SSSR count). The van der Waals surface area contributed by atoms with E-state index in [0.29, 0.717) is 6.42 Å². The first-order valence-corrected chi connectivity index (χ1v) is 5.05. The van der Waals surface area contributed by atoms with Crippen LogP contribution in [0.4, 0.5) is 0 Å². The van der Waals surface area contributed by atoms with Crippen LogP contribution in [0, 0.1) is 0 Å². The van der Waals surface area contributed by atoms with Crippen LogP contribution in [0.15, 0.2) is 36.9 Å². The van der Waals surface area contributed by atoms with Gasteiger partial charge in [0.25, 0.3) is 0 Å². The van der Waals surface area contributed by atoms with Gasteiger partial charge in [-0.2, -0.15) is 0 Å². The van der Waals surface area contributed by atoms with E-state index in [1.807, 2.05) is 24.3 Å². The van der Waals surface area contributed by atoms with Gasteiger partial charge in [0.05, 0.1) is 20.1 Å². The Hall–Kier alpha value is -1.77. The Balaban J connectivity index is 2.91. The Morgan fingerprint density at radius 2 is 2.00 bits per heavy atom. The maximum absolute atomic E-state index is 11.6. The molecule has 1 aromatic carbocycles. The van der Waals surface area contributed by atoms with Crippen molar-refractivity contribution < 1.29 is 14.3 Å².